The normalized spacial score (nSPS) is 32.0. The van der Waals surface area contributed by atoms with Crippen molar-refractivity contribution < 1.29 is 38.1 Å². The number of rotatable bonds is 6. The van der Waals surface area contributed by atoms with Crippen LogP contribution in [0.2, 0.25) is 0 Å². The Labute approximate surface area is 151 Å². The second-order valence-corrected chi connectivity index (χ2v) is 7.11. The molecule has 1 saturated heterocycles. The molecule has 0 aromatic heterocycles. The summed E-state index contributed by atoms with van der Waals surface area (Å²) in [4.78, 5) is 47.4. The van der Waals surface area contributed by atoms with Crippen LogP contribution in [0.3, 0.4) is 0 Å². The highest BCUT2D eigenvalue weighted by Gasteiger charge is 2.61. The number of fused-ring (bicyclic) bond motifs is 2. The van der Waals surface area contributed by atoms with E-state index in [-0.39, 0.29) is 11.9 Å². The Bertz CT molecular complexity index is 641. The van der Waals surface area contributed by atoms with Gasteiger partial charge in [0.15, 0.2) is 5.92 Å². The molecule has 2 bridgehead atoms. The highest BCUT2D eigenvalue weighted by atomic mass is 16.7. The van der Waals surface area contributed by atoms with E-state index in [0.29, 0.717) is 19.3 Å². The molecule has 0 radical (unpaired) electrons. The van der Waals surface area contributed by atoms with Gasteiger partial charge in [0.05, 0.1) is 5.92 Å². The molecule has 0 N–H and O–H groups in total. The van der Waals surface area contributed by atoms with Crippen molar-refractivity contribution in [1.82, 2.24) is 0 Å². The van der Waals surface area contributed by atoms with Gasteiger partial charge in [-0.1, -0.05) is 6.58 Å². The van der Waals surface area contributed by atoms with Crippen LogP contribution in [0.1, 0.15) is 47.0 Å². The van der Waals surface area contributed by atoms with Gasteiger partial charge in [0.1, 0.15) is 11.2 Å². The van der Waals surface area contributed by atoms with Gasteiger partial charge in [0, 0.05) is 19.4 Å². The maximum absolute atomic E-state index is 12.4. The molecule has 2 rings (SSSR count). The summed E-state index contributed by atoms with van der Waals surface area (Å²) >= 11 is 0. The topological polar surface area (TPSA) is 105 Å². The number of hydrogen-bond acceptors (Lipinski definition) is 8. The summed E-state index contributed by atoms with van der Waals surface area (Å²) in [5, 5.41) is 0. The van der Waals surface area contributed by atoms with Gasteiger partial charge in [-0.05, 0) is 33.6 Å². The van der Waals surface area contributed by atoms with E-state index in [1.807, 2.05) is 0 Å². The average molecular weight is 368 g/mol. The van der Waals surface area contributed by atoms with Crippen molar-refractivity contribution in [2.45, 2.75) is 64.4 Å². The van der Waals surface area contributed by atoms with Gasteiger partial charge in [0.25, 0.3) is 0 Å². The summed E-state index contributed by atoms with van der Waals surface area (Å²) in [6.45, 7) is 9.35. The van der Waals surface area contributed by atoms with Crippen LogP contribution >= 0.6 is 0 Å². The van der Waals surface area contributed by atoms with Gasteiger partial charge >= 0.3 is 23.9 Å². The standard InChI is InChI=1S/C18H24O8/c1-6-13(19)23-11(3)24-14(20)10(2)15(21)25-17(4)8-7-12-9-18(17,5)26-16(12)22/h6,10-12H,1,7-9H2,2-5H3. The molecule has 8 heteroatoms. The number of ether oxygens (including phenoxy) is 4. The summed E-state index contributed by atoms with van der Waals surface area (Å²) < 4.78 is 20.7. The minimum Gasteiger partial charge on any atom is -0.455 e. The van der Waals surface area contributed by atoms with E-state index in [9.17, 15) is 19.2 Å². The summed E-state index contributed by atoms with van der Waals surface area (Å²) in [7, 11) is 0. The Hall–Kier alpha value is -2.38. The SMILES string of the molecule is C=CC(=O)OC(C)OC(=O)C(C)C(=O)OC1(C)CCC2CC1(C)OC2=O. The lowest BCUT2D eigenvalue weighted by atomic mass is 9.71. The lowest BCUT2D eigenvalue weighted by molar-refractivity contribution is -0.205. The van der Waals surface area contributed by atoms with Gasteiger partial charge in [-0.15, -0.1) is 0 Å². The number of hydrogen-bond donors (Lipinski definition) is 0. The Kier molecular flexibility index (Phi) is 5.44. The van der Waals surface area contributed by atoms with Gasteiger partial charge in [-0.2, -0.15) is 0 Å². The molecule has 1 heterocycles. The molecule has 0 aromatic rings. The van der Waals surface area contributed by atoms with Crippen LogP contribution in [0, 0.1) is 11.8 Å². The fourth-order valence-corrected chi connectivity index (χ4v) is 3.23. The first-order valence-corrected chi connectivity index (χ1v) is 8.50. The zero-order chi connectivity index (χ0) is 19.7. The first-order valence-electron chi connectivity index (χ1n) is 8.50. The first kappa shape index (κ1) is 19.9. The summed E-state index contributed by atoms with van der Waals surface area (Å²) in [5.74, 6) is -4.10. The second kappa shape index (κ2) is 7.09. The van der Waals surface area contributed by atoms with Crippen LogP contribution in [0.25, 0.3) is 0 Å². The van der Waals surface area contributed by atoms with Gasteiger partial charge in [-0.3, -0.25) is 14.4 Å². The Morgan fingerprint density at radius 2 is 1.88 bits per heavy atom. The minimum atomic E-state index is -1.23. The highest BCUT2D eigenvalue weighted by molar-refractivity contribution is 5.94. The molecule has 1 aliphatic heterocycles. The van der Waals surface area contributed by atoms with Gasteiger partial charge < -0.3 is 18.9 Å². The quantitative estimate of drug-likeness (QED) is 0.229. The molecule has 2 fully saturated rings. The third kappa shape index (κ3) is 3.73. The molecular weight excluding hydrogens is 344 g/mol. The number of carbonyl (C=O) groups excluding carboxylic acids is 4. The summed E-state index contributed by atoms with van der Waals surface area (Å²) in [6, 6.07) is 0. The lowest BCUT2D eigenvalue weighted by Crippen LogP contribution is -2.55. The second-order valence-electron chi connectivity index (χ2n) is 7.11. The molecule has 0 amide bonds. The van der Waals surface area contributed by atoms with Crippen molar-refractivity contribution in [3.63, 3.8) is 0 Å². The third-order valence-electron chi connectivity index (χ3n) is 5.15. The molecule has 5 unspecified atom stereocenters. The van der Waals surface area contributed by atoms with E-state index in [1.165, 1.54) is 13.8 Å². The van der Waals surface area contributed by atoms with Crippen LogP contribution in [-0.4, -0.2) is 41.4 Å². The Morgan fingerprint density at radius 1 is 1.23 bits per heavy atom. The van der Waals surface area contributed by atoms with E-state index < -0.39 is 41.3 Å². The molecule has 1 saturated carbocycles. The number of esters is 4. The molecule has 8 nitrogen and oxygen atoms in total. The number of carbonyl (C=O) groups is 4. The van der Waals surface area contributed by atoms with Gasteiger partial charge in [0.2, 0.25) is 6.29 Å². The van der Waals surface area contributed by atoms with Crippen LogP contribution in [0.15, 0.2) is 12.7 Å². The molecule has 1 aliphatic carbocycles. The molecule has 26 heavy (non-hydrogen) atoms. The summed E-state index contributed by atoms with van der Waals surface area (Å²) in [5.41, 5.74) is -1.94. The molecule has 0 aromatic carbocycles. The predicted octanol–water partition coefficient (Wildman–Crippen LogP) is 1.66. The smallest absolute Gasteiger partial charge is 0.333 e. The largest absolute Gasteiger partial charge is 0.455 e. The third-order valence-corrected chi connectivity index (χ3v) is 5.15. The van der Waals surface area contributed by atoms with Crippen LogP contribution in [0.4, 0.5) is 0 Å². The van der Waals surface area contributed by atoms with Crippen molar-refractivity contribution in [2.24, 2.45) is 11.8 Å². The maximum Gasteiger partial charge on any atom is 0.333 e. The van der Waals surface area contributed by atoms with Gasteiger partial charge in [-0.25, -0.2) is 4.79 Å². The predicted molar refractivity (Wildman–Crippen MR) is 87.3 cm³/mol. The van der Waals surface area contributed by atoms with E-state index >= 15 is 0 Å². The van der Waals surface area contributed by atoms with Crippen molar-refractivity contribution in [3.05, 3.63) is 12.7 Å². The van der Waals surface area contributed by atoms with E-state index in [2.05, 4.69) is 6.58 Å². The fourth-order valence-electron chi connectivity index (χ4n) is 3.23. The van der Waals surface area contributed by atoms with Crippen molar-refractivity contribution >= 4 is 23.9 Å². The molecule has 144 valence electrons. The zero-order valence-corrected chi connectivity index (χ0v) is 15.4. The minimum absolute atomic E-state index is 0.172. The lowest BCUT2D eigenvalue weighted by Gasteiger charge is -2.44. The fraction of sp³-hybridized carbons (Fsp3) is 0.667. The molecule has 0 spiro atoms. The summed E-state index contributed by atoms with van der Waals surface area (Å²) in [6.07, 6.45) is 1.26. The molecule has 5 atom stereocenters. The first-order chi connectivity index (χ1) is 12.0. The monoisotopic (exact) mass is 368 g/mol. The van der Waals surface area contributed by atoms with Crippen molar-refractivity contribution in [1.29, 1.82) is 0 Å². The van der Waals surface area contributed by atoms with E-state index in [0.717, 1.165) is 6.08 Å². The van der Waals surface area contributed by atoms with E-state index in [4.69, 9.17) is 18.9 Å². The zero-order valence-electron chi connectivity index (χ0n) is 15.4. The molecule has 2 aliphatic rings. The Morgan fingerprint density at radius 3 is 2.50 bits per heavy atom. The van der Waals surface area contributed by atoms with Crippen molar-refractivity contribution in [2.75, 3.05) is 0 Å². The van der Waals surface area contributed by atoms with Crippen LogP contribution in [0.5, 0.6) is 0 Å². The maximum atomic E-state index is 12.4. The molecular formula is C18H24O8. The Balaban J connectivity index is 1.98. The average Bonchev–Trinajstić information content (AvgIpc) is 2.82. The van der Waals surface area contributed by atoms with Crippen molar-refractivity contribution in [3.8, 4) is 0 Å². The van der Waals surface area contributed by atoms with E-state index in [1.54, 1.807) is 13.8 Å². The highest BCUT2D eigenvalue weighted by Crippen LogP contribution is 2.50. The van der Waals surface area contributed by atoms with Crippen LogP contribution in [-0.2, 0) is 38.1 Å². The van der Waals surface area contributed by atoms with Crippen LogP contribution < -0.4 is 0 Å².